The van der Waals surface area contributed by atoms with Crippen molar-refractivity contribution >= 4 is 45.9 Å². The molecule has 0 unspecified atom stereocenters. The zero-order chi connectivity index (χ0) is 19.5. The van der Waals surface area contributed by atoms with E-state index in [4.69, 9.17) is 32.4 Å². The summed E-state index contributed by atoms with van der Waals surface area (Å²) in [6, 6.07) is 19.7. The Labute approximate surface area is 170 Å². The number of rotatable bonds is 5. The van der Waals surface area contributed by atoms with Gasteiger partial charge in [0.15, 0.2) is 12.2 Å². The van der Waals surface area contributed by atoms with Crippen LogP contribution < -0.4 is 10.1 Å². The number of fused-ring (bicyclic) bond motifs is 1. The predicted octanol–water partition coefficient (Wildman–Crippen LogP) is 5.82. The molecule has 4 rings (SSSR count). The number of amides is 1. The van der Waals surface area contributed by atoms with Crippen molar-refractivity contribution in [3.63, 3.8) is 0 Å². The van der Waals surface area contributed by atoms with Crippen LogP contribution in [0.25, 0.3) is 22.6 Å². The number of hydrogen-bond acceptors (Lipinski definition) is 4. The van der Waals surface area contributed by atoms with Crippen molar-refractivity contribution in [1.29, 1.82) is 0 Å². The fourth-order valence-corrected chi connectivity index (χ4v) is 3.11. The zero-order valence-electron chi connectivity index (χ0n) is 14.5. The number of anilines is 1. The molecular formula is C21H14Cl2N2O3. The van der Waals surface area contributed by atoms with Gasteiger partial charge in [-0.1, -0.05) is 41.4 Å². The van der Waals surface area contributed by atoms with E-state index in [0.29, 0.717) is 38.5 Å². The molecule has 0 spiro atoms. The van der Waals surface area contributed by atoms with Crippen LogP contribution in [0.4, 0.5) is 5.69 Å². The monoisotopic (exact) mass is 412 g/mol. The molecule has 1 amide bonds. The first-order valence-electron chi connectivity index (χ1n) is 8.42. The van der Waals surface area contributed by atoms with E-state index in [9.17, 15) is 4.79 Å². The molecule has 1 heterocycles. The molecule has 5 nitrogen and oxygen atoms in total. The molecule has 4 aromatic rings. The van der Waals surface area contributed by atoms with E-state index in [1.165, 1.54) is 0 Å². The Morgan fingerprint density at radius 2 is 1.86 bits per heavy atom. The van der Waals surface area contributed by atoms with Gasteiger partial charge in [0.1, 0.15) is 11.3 Å². The normalized spacial score (nSPS) is 10.8. The maximum absolute atomic E-state index is 12.2. The summed E-state index contributed by atoms with van der Waals surface area (Å²) in [5, 5.41) is 3.61. The first-order valence-corrected chi connectivity index (χ1v) is 9.18. The average molecular weight is 413 g/mol. The first-order chi connectivity index (χ1) is 13.6. The quantitative estimate of drug-likeness (QED) is 0.448. The van der Waals surface area contributed by atoms with Crippen LogP contribution >= 0.6 is 23.2 Å². The van der Waals surface area contributed by atoms with Gasteiger partial charge in [-0.15, -0.1) is 0 Å². The van der Waals surface area contributed by atoms with Gasteiger partial charge in [0.25, 0.3) is 5.91 Å². The van der Waals surface area contributed by atoms with Crippen LogP contribution in [0.15, 0.2) is 71.1 Å². The van der Waals surface area contributed by atoms with Crippen LogP contribution in [0.1, 0.15) is 0 Å². The summed E-state index contributed by atoms with van der Waals surface area (Å²) in [6.07, 6.45) is 0. The van der Waals surface area contributed by atoms with Gasteiger partial charge in [0.05, 0.1) is 5.02 Å². The lowest BCUT2D eigenvalue weighted by Crippen LogP contribution is -2.20. The largest absolute Gasteiger partial charge is 0.482 e. The summed E-state index contributed by atoms with van der Waals surface area (Å²) in [5.74, 6) is 0.595. The summed E-state index contributed by atoms with van der Waals surface area (Å²) in [5.41, 5.74) is 2.77. The topological polar surface area (TPSA) is 64.4 Å². The molecule has 1 aromatic heterocycles. The highest BCUT2D eigenvalue weighted by Gasteiger charge is 2.11. The number of nitrogens with one attached hydrogen (secondary N) is 1. The Kier molecular flexibility index (Phi) is 5.19. The average Bonchev–Trinajstić information content (AvgIpc) is 3.11. The number of halogens is 2. The van der Waals surface area contributed by atoms with Gasteiger partial charge in [-0.3, -0.25) is 4.79 Å². The number of benzene rings is 3. The van der Waals surface area contributed by atoms with Crippen molar-refractivity contribution in [1.82, 2.24) is 4.98 Å². The zero-order valence-corrected chi connectivity index (χ0v) is 16.0. The fourth-order valence-electron chi connectivity index (χ4n) is 2.64. The minimum absolute atomic E-state index is 0.187. The van der Waals surface area contributed by atoms with Crippen LogP contribution in [0.5, 0.6) is 5.75 Å². The molecule has 7 heteroatoms. The van der Waals surface area contributed by atoms with Gasteiger partial charge in [-0.05, 0) is 48.5 Å². The molecule has 0 radical (unpaired) electrons. The van der Waals surface area contributed by atoms with Crippen LogP contribution in [-0.2, 0) is 4.79 Å². The smallest absolute Gasteiger partial charge is 0.262 e. The number of carbonyl (C=O) groups excluding carboxylic acids is 1. The summed E-state index contributed by atoms with van der Waals surface area (Å²) in [7, 11) is 0. The summed E-state index contributed by atoms with van der Waals surface area (Å²) in [6.45, 7) is -0.187. The van der Waals surface area contributed by atoms with Crippen molar-refractivity contribution in [2.24, 2.45) is 0 Å². The van der Waals surface area contributed by atoms with E-state index in [2.05, 4.69) is 10.3 Å². The predicted molar refractivity (Wildman–Crippen MR) is 110 cm³/mol. The molecule has 0 aliphatic rings. The molecule has 1 N–H and O–H groups in total. The summed E-state index contributed by atoms with van der Waals surface area (Å²) >= 11 is 11.9. The molecule has 0 aliphatic carbocycles. The number of hydrogen-bond donors (Lipinski definition) is 1. The molecule has 28 heavy (non-hydrogen) atoms. The number of nitrogens with zero attached hydrogens (tertiary/aromatic N) is 1. The third-order valence-corrected chi connectivity index (χ3v) is 4.48. The van der Waals surface area contributed by atoms with E-state index in [1.807, 2.05) is 30.3 Å². The van der Waals surface area contributed by atoms with Gasteiger partial charge in [0, 0.05) is 16.3 Å². The minimum atomic E-state index is -0.322. The van der Waals surface area contributed by atoms with Crippen molar-refractivity contribution in [3.8, 4) is 17.2 Å². The van der Waals surface area contributed by atoms with Crippen LogP contribution in [0, 0.1) is 0 Å². The highest BCUT2D eigenvalue weighted by molar-refractivity contribution is 6.35. The third-order valence-electron chi connectivity index (χ3n) is 3.94. The lowest BCUT2D eigenvalue weighted by molar-refractivity contribution is -0.118. The van der Waals surface area contributed by atoms with E-state index in [-0.39, 0.29) is 12.5 Å². The number of ether oxygens (including phenoxy) is 1. The number of oxazole rings is 1. The minimum Gasteiger partial charge on any atom is -0.482 e. The molecule has 0 aliphatic heterocycles. The lowest BCUT2D eigenvalue weighted by atomic mass is 10.2. The van der Waals surface area contributed by atoms with Gasteiger partial charge < -0.3 is 14.5 Å². The Bertz CT molecular complexity index is 1140. The second kappa shape index (κ2) is 7.92. The second-order valence-corrected chi connectivity index (χ2v) is 6.82. The Hall–Kier alpha value is -3.02. The summed E-state index contributed by atoms with van der Waals surface area (Å²) in [4.78, 5) is 16.7. The van der Waals surface area contributed by atoms with Crippen molar-refractivity contribution in [2.45, 2.75) is 0 Å². The standard InChI is InChI=1S/C21H14Cl2N2O3/c22-14-6-8-18(16(23)10-14)27-12-20(26)24-15-7-9-19-17(11-15)25-21(28-19)13-4-2-1-3-5-13/h1-11H,12H2,(H,24,26). The van der Waals surface area contributed by atoms with Gasteiger partial charge in [0.2, 0.25) is 5.89 Å². The Morgan fingerprint density at radius 3 is 2.64 bits per heavy atom. The maximum atomic E-state index is 12.2. The first kappa shape index (κ1) is 18.3. The number of aromatic nitrogens is 1. The van der Waals surface area contributed by atoms with E-state index in [0.717, 1.165) is 5.56 Å². The maximum Gasteiger partial charge on any atom is 0.262 e. The Balaban J connectivity index is 1.44. The lowest BCUT2D eigenvalue weighted by Gasteiger charge is -2.09. The van der Waals surface area contributed by atoms with E-state index >= 15 is 0 Å². The van der Waals surface area contributed by atoms with Crippen LogP contribution in [-0.4, -0.2) is 17.5 Å². The molecule has 140 valence electrons. The van der Waals surface area contributed by atoms with Gasteiger partial charge >= 0.3 is 0 Å². The molecular weight excluding hydrogens is 399 g/mol. The van der Waals surface area contributed by atoms with Crippen molar-refractivity contribution in [3.05, 3.63) is 76.8 Å². The second-order valence-electron chi connectivity index (χ2n) is 5.98. The summed E-state index contributed by atoms with van der Waals surface area (Å²) < 4.78 is 11.2. The number of carbonyl (C=O) groups is 1. The molecule has 0 fully saturated rings. The highest BCUT2D eigenvalue weighted by Crippen LogP contribution is 2.28. The molecule has 0 atom stereocenters. The third kappa shape index (κ3) is 4.11. The van der Waals surface area contributed by atoms with Crippen molar-refractivity contribution in [2.75, 3.05) is 11.9 Å². The molecule has 0 bridgehead atoms. The molecule has 3 aromatic carbocycles. The van der Waals surface area contributed by atoms with Gasteiger partial charge in [-0.2, -0.15) is 0 Å². The van der Waals surface area contributed by atoms with E-state index < -0.39 is 0 Å². The Morgan fingerprint density at radius 1 is 1.04 bits per heavy atom. The van der Waals surface area contributed by atoms with Crippen LogP contribution in [0.3, 0.4) is 0 Å². The molecule has 0 saturated carbocycles. The highest BCUT2D eigenvalue weighted by atomic mass is 35.5. The fraction of sp³-hybridized carbons (Fsp3) is 0.0476. The van der Waals surface area contributed by atoms with Crippen molar-refractivity contribution < 1.29 is 13.9 Å². The van der Waals surface area contributed by atoms with Gasteiger partial charge in [-0.25, -0.2) is 4.98 Å². The SMILES string of the molecule is O=C(COc1ccc(Cl)cc1Cl)Nc1ccc2oc(-c3ccccc3)nc2c1. The van der Waals surface area contributed by atoms with E-state index in [1.54, 1.807) is 36.4 Å². The molecule has 0 saturated heterocycles. The van der Waals surface area contributed by atoms with Crippen LogP contribution in [0.2, 0.25) is 10.0 Å².